The lowest BCUT2D eigenvalue weighted by Crippen LogP contribution is -2.44. The molecular formula is C20H30N4O8PS+. The molecule has 0 bridgehead atoms. The Morgan fingerprint density at radius 2 is 2.18 bits per heavy atom. The van der Waals surface area contributed by atoms with Gasteiger partial charge < -0.3 is 25.3 Å². The number of hydrogen-bond donors (Lipinski definition) is 4. The molecule has 0 saturated carbocycles. The summed E-state index contributed by atoms with van der Waals surface area (Å²) in [5.41, 5.74) is 3.13. The van der Waals surface area contributed by atoms with Gasteiger partial charge in [0.25, 0.3) is 5.56 Å². The highest BCUT2D eigenvalue weighted by atomic mass is 32.2. The zero-order valence-corrected chi connectivity index (χ0v) is 21.1. The largest absolute Gasteiger partial charge is 0.697 e. The lowest BCUT2D eigenvalue weighted by atomic mass is 9.92. The molecular weight excluding hydrogens is 487 g/mol. The number of carbonyl (C=O) groups excluding carboxylic acids is 1. The maximum atomic E-state index is 12.1. The zero-order valence-electron chi connectivity index (χ0n) is 19.4. The van der Waals surface area contributed by atoms with Gasteiger partial charge in [-0.25, -0.2) is 0 Å². The summed E-state index contributed by atoms with van der Waals surface area (Å²) in [5.74, 6) is 0.213. The standard InChI is InChI=1S/C20H29N4O8PS/c1-5-19(2,3)17(27)34-9-8-30-33(29)31-10-12-13(25)20(4,28)16(32-12)24-7-6-11-14(24)22-18(21)23-15(11)26/h6-7,12-13,16,25,28H,5,8-10H2,1-4H3,(H2-,21,22,23,26)/p+1/t12-,13?,16-,20+/m1/s1. The molecule has 2 unspecified atom stereocenters. The van der Waals surface area contributed by atoms with Crippen LogP contribution in [0.4, 0.5) is 5.95 Å². The maximum Gasteiger partial charge on any atom is 0.697 e. The summed E-state index contributed by atoms with van der Waals surface area (Å²) < 4.78 is 29.5. The SMILES string of the molecule is CCC(C)(C)C(=O)SCCO[P+](=O)OC[C@H]1O[C@@H](n2ccc3c(=O)[nH]c(N)nc32)[C@@](C)(O)C1O. The molecule has 5 N–H and O–H groups in total. The van der Waals surface area contributed by atoms with Gasteiger partial charge in [-0.15, -0.1) is 9.05 Å². The fraction of sp³-hybridized carbons (Fsp3) is 0.650. The molecule has 0 amide bonds. The number of rotatable bonds is 10. The number of anilines is 1. The van der Waals surface area contributed by atoms with Crippen LogP contribution in [0.3, 0.4) is 0 Å². The van der Waals surface area contributed by atoms with Crippen molar-refractivity contribution in [2.45, 2.75) is 58.2 Å². The fourth-order valence-corrected chi connectivity index (χ4v) is 4.98. The van der Waals surface area contributed by atoms with E-state index in [9.17, 15) is 24.4 Å². The summed E-state index contributed by atoms with van der Waals surface area (Å²) in [6, 6.07) is 1.49. The fourth-order valence-electron chi connectivity index (χ4n) is 3.38. The van der Waals surface area contributed by atoms with Gasteiger partial charge in [0.2, 0.25) is 5.95 Å². The van der Waals surface area contributed by atoms with Crippen molar-refractivity contribution in [3.63, 3.8) is 0 Å². The zero-order chi connectivity index (χ0) is 25.3. The van der Waals surface area contributed by atoms with Crippen LogP contribution in [0, 0.1) is 5.41 Å². The lowest BCUT2D eigenvalue weighted by molar-refractivity contribution is -0.118. The second-order valence-electron chi connectivity index (χ2n) is 8.83. The Hall–Kier alpha value is -1.86. The third-order valence-electron chi connectivity index (χ3n) is 5.90. The highest BCUT2D eigenvalue weighted by Crippen LogP contribution is 2.40. The van der Waals surface area contributed by atoms with E-state index < -0.39 is 43.3 Å². The van der Waals surface area contributed by atoms with Crippen molar-refractivity contribution in [2.75, 3.05) is 24.7 Å². The van der Waals surface area contributed by atoms with Gasteiger partial charge in [-0.2, -0.15) is 4.98 Å². The molecule has 0 spiro atoms. The lowest BCUT2D eigenvalue weighted by Gasteiger charge is -2.27. The summed E-state index contributed by atoms with van der Waals surface area (Å²) in [6.45, 7) is 6.74. The molecule has 2 aromatic rings. The molecule has 3 rings (SSSR count). The number of nitrogens with one attached hydrogen (secondary N) is 1. The first-order valence-corrected chi connectivity index (χ1v) is 12.8. The van der Waals surface area contributed by atoms with Gasteiger partial charge in [-0.1, -0.05) is 32.5 Å². The number of fused-ring (bicyclic) bond motifs is 1. The highest BCUT2D eigenvalue weighted by molar-refractivity contribution is 8.13. The van der Waals surface area contributed by atoms with Crippen molar-refractivity contribution in [1.29, 1.82) is 0 Å². The molecule has 14 heteroatoms. The number of aromatic amines is 1. The summed E-state index contributed by atoms with van der Waals surface area (Å²) >= 11 is 1.11. The number of H-pyrrole nitrogens is 1. The summed E-state index contributed by atoms with van der Waals surface area (Å²) in [5, 5.41) is 21.8. The number of hydrogen-bond acceptors (Lipinski definition) is 11. The van der Waals surface area contributed by atoms with Gasteiger partial charge in [0.15, 0.2) is 17.0 Å². The molecule has 2 aromatic heterocycles. The van der Waals surface area contributed by atoms with Crippen molar-refractivity contribution in [3.05, 3.63) is 22.6 Å². The highest BCUT2D eigenvalue weighted by Gasteiger charge is 2.54. The van der Waals surface area contributed by atoms with Crippen LogP contribution in [0.25, 0.3) is 11.0 Å². The Bertz CT molecular complexity index is 1120. The minimum Gasteiger partial charge on any atom is -0.387 e. The second kappa shape index (κ2) is 10.4. The van der Waals surface area contributed by atoms with Crippen LogP contribution >= 0.6 is 20.0 Å². The van der Waals surface area contributed by atoms with E-state index in [0.717, 1.165) is 11.8 Å². The third-order valence-corrected chi connectivity index (χ3v) is 7.84. The van der Waals surface area contributed by atoms with Crippen molar-refractivity contribution in [2.24, 2.45) is 5.41 Å². The first-order valence-electron chi connectivity index (χ1n) is 10.7. The molecule has 34 heavy (non-hydrogen) atoms. The number of aliphatic hydroxyl groups is 2. The van der Waals surface area contributed by atoms with Crippen LogP contribution in [0.5, 0.6) is 0 Å². The van der Waals surface area contributed by atoms with E-state index in [0.29, 0.717) is 12.2 Å². The maximum absolute atomic E-state index is 12.1. The molecule has 1 saturated heterocycles. The van der Waals surface area contributed by atoms with Crippen LogP contribution in [0.1, 0.15) is 40.3 Å². The van der Waals surface area contributed by atoms with Gasteiger partial charge in [-0.3, -0.25) is 14.6 Å². The first kappa shape index (κ1) is 26.7. The van der Waals surface area contributed by atoms with Crippen molar-refractivity contribution in [1.82, 2.24) is 14.5 Å². The quantitative estimate of drug-likeness (QED) is 0.266. The number of nitrogens with two attached hydrogens (primary N) is 1. The van der Waals surface area contributed by atoms with Crippen LogP contribution in [0.2, 0.25) is 0 Å². The Labute approximate surface area is 201 Å². The monoisotopic (exact) mass is 517 g/mol. The summed E-state index contributed by atoms with van der Waals surface area (Å²) in [6.07, 6.45) is -1.36. The van der Waals surface area contributed by atoms with Crippen LogP contribution in [-0.4, -0.2) is 66.6 Å². The van der Waals surface area contributed by atoms with Crippen LogP contribution in [0.15, 0.2) is 17.1 Å². The average Bonchev–Trinajstić information content (AvgIpc) is 3.28. The molecule has 1 fully saturated rings. The van der Waals surface area contributed by atoms with E-state index in [1.54, 1.807) is 0 Å². The van der Waals surface area contributed by atoms with Gasteiger partial charge in [0.05, 0.1) is 5.39 Å². The van der Waals surface area contributed by atoms with Crippen molar-refractivity contribution < 1.29 is 33.4 Å². The Kier molecular flexibility index (Phi) is 8.18. The van der Waals surface area contributed by atoms with Gasteiger partial charge in [0.1, 0.15) is 31.0 Å². The van der Waals surface area contributed by atoms with Crippen LogP contribution < -0.4 is 11.3 Å². The smallest absolute Gasteiger partial charge is 0.387 e. The van der Waals surface area contributed by atoms with E-state index in [4.69, 9.17) is 19.5 Å². The molecule has 0 radical (unpaired) electrons. The topological polar surface area (TPSA) is 179 Å². The Balaban J connectivity index is 1.57. The molecule has 0 aliphatic carbocycles. The number of nitrogen functional groups attached to an aromatic ring is 1. The molecule has 0 aromatic carbocycles. The Morgan fingerprint density at radius 3 is 2.85 bits per heavy atom. The molecule has 1 aliphatic rings. The van der Waals surface area contributed by atoms with Gasteiger partial charge in [0, 0.05) is 21.9 Å². The normalized spacial score (nSPS) is 25.7. The summed E-state index contributed by atoms with van der Waals surface area (Å²) in [7, 11) is -2.53. The molecule has 3 heterocycles. The van der Waals surface area contributed by atoms with E-state index in [-0.39, 0.29) is 35.3 Å². The van der Waals surface area contributed by atoms with E-state index in [2.05, 4.69) is 9.97 Å². The predicted molar refractivity (Wildman–Crippen MR) is 126 cm³/mol. The molecule has 188 valence electrons. The number of carbonyl (C=O) groups is 1. The van der Waals surface area contributed by atoms with Crippen LogP contribution in [-0.2, 0) is 23.1 Å². The molecule has 5 atom stereocenters. The number of aromatic nitrogens is 3. The predicted octanol–water partition coefficient (Wildman–Crippen LogP) is 1.70. The minimum atomic E-state index is -2.53. The molecule has 1 aliphatic heterocycles. The second-order valence-corrected chi connectivity index (χ2v) is 10.9. The van der Waals surface area contributed by atoms with Crippen molar-refractivity contribution >= 4 is 42.1 Å². The van der Waals surface area contributed by atoms with E-state index in [1.807, 2.05) is 20.8 Å². The average molecular weight is 518 g/mol. The third kappa shape index (κ3) is 5.51. The Morgan fingerprint density at radius 1 is 1.47 bits per heavy atom. The number of nitrogens with zero attached hydrogens (tertiary/aromatic N) is 2. The number of aliphatic hydroxyl groups excluding tert-OH is 1. The summed E-state index contributed by atoms with van der Waals surface area (Å²) in [4.78, 5) is 30.6. The minimum absolute atomic E-state index is 0.0290. The van der Waals surface area contributed by atoms with Gasteiger partial charge >= 0.3 is 8.25 Å². The number of ether oxygens (including phenoxy) is 1. The first-order chi connectivity index (χ1) is 15.9. The van der Waals surface area contributed by atoms with Crippen molar-refractivity contribution in [3.8, 4) is 0 Å². The van der Waals surface area contributed by atoms with E-state index in [1.165, 1.54) is 23.8 Å². The number of thioether (sulfide) groups is 1. The van der Waals surface area contributed by atoms with E-state index >= 15 is 0 Å². The van der Waals surface area contributed by atoms with Gasteiger partial charge in [-0.05, 0) is 19.4 Å². The molecule has 12 nitrogen and oxygen atoms in total.